The average Bonchev–Trinajstić information content (AvgIpc) is 2.75. The van der Waals surface area contributed by atoms with Gasteiger partial charge in [0.25, 0.3) is 0 Å². The summed E-state index contributed by atoms with van der Waals surface area (Å²) in [4.78, 5) is 1.22. The van der Waals surface area contributed by atoms with Gasteiger partial charge < -0.3 is 9.47 Å². The summed E-state index contributed by atoms with van der Waals surface area (Å²) in [6, 6.07) is 8.10. The van der Waals surface area contributed by atoms with Gasteiger partial charge in [0.15, 0.2) is 11.5 Å². The Morgan fingerprint density at radius 3 is 2.70 bits per heavy atom. The number of nitrogens with one attached hydrogen (secondary N) is 1. The van der Waals surface area contributed by atoms with Gasteiger partial charge in [-0.3, -0.25) is 5.84 Å². The van der Waals surface area contributed by atoms with E-state index in [1.54, 1.807) is 11.3 Å². The van der Waals surface area contributed by atoms with Crippen molar-refractivity contribution in [3.05, 3.63) is 45.6 Å². The van der Waals surface area contributed by atoms with E-state index in [0.29, 0.717) is 13.2 Å². The highest BCUT2D eigenvalue weighted by Gasteiger charge is 2.19. The predicted octanol–water partition coefficient (Wildman–Crippen LogP) is 2.77. The number of fused-ring (bicyclic) bond motifs is 1. The molecule has 3 N–H and O–H groups in total. The van der Waals surface area contributed by atoms with Crippen LogP contribution < -0.4 is 20.7 Å². The van der Waals surface area contributed by atoms with Crippen molar-refractivity contribution in [1.29, 1.82) is 0 Å². The number of benzene rings is 1. The first-order chi connectivity index (χ1) is 9.79. The van der Waals surface area contributed by atoms with Gasteiger partial charge in [0.1, 0.15) is 0 Å². The second kappa shape index (κ2) is 5.83. The standard InChI is InChI=1S/C15H18N2O2S/c1-10-5-8-20-15(10)14(17-16)11-3-4-12-13(9-11)19-7-2-6-18-12/h3-5,8-9,14,17H,2,6-7,16H2,1H3. The number of hydrogen-bond acceptors (Lipinski definition) is 5. The highest BCUT2D eigenvalue weighted by Crippen LogP contribution is 2.35. The highest BCUT2D eigenvalue weighted by molar-refractivity contribution is 7.10. The summed E-state index contributed by atoms with van der Waals surface area (Å²) in [5, 5.41) is 2.08. The fourth-order valence-electron chi connectivity index (χ4n) is 2.36. The summed E-state index contributed by atoms with van der Waals surface area (Å²) in [5.74, 6) is 7.37. The third-order valence-corrected chi connectivity index (χ3v) is 4.52. The first-order valence-corrected chi connectivity index (χ1v) is 7.57. The van der Waals surface area contributed by atoms with Crippen LogP contribution in [0.3, 0.4) is 0 Å². The molecule has 0 saturated carbocycles. The smallest absolute Gasteiger partial charge is 0.161 e. The fraction of sp³-hybridized carbons (Fsp3) is 0.333. The van der Waals surface area contributed by atoms with Crippen LogP contribution >= 0.6 is 11.3 Å². The number of rotatable bonds is 3. The maximum atomic E-state index is 5.76. The van der Waals surface area contributed by atoms with E-state index in [4.69, 9.17) is 15.3 Å². The molecule has 1 aromatic heterocycles. The van der Waals surface area contributed by atoms with E-state index in [9.17, 15) is 0 Å². The van der Waals surface area contributed by atoms with Crippen molar-refractivity contribution in [2.45, 2.75) is 19.4 Å². The molecule has 106 valence electrons. The van der Waals surface area contributed by atoms with Crippen LogP contribution in [0.25, 0.3) is 0 Å². The normalized spacial score (nSPS) is 15.7. The zero-order valence-electron chi connectivity index (χ0n) is 11.4. The topological polar surface area (TPSA) is 56.5 Å². The molecule has 2 heterocycles. The van der Waals surface area contributed by atoms with Crippen molar-refractivity contribution in [2.75, 3.05) is 13.2 Å². The van der Waals surface area contributed by atoms with Crippen molar-refractivity contribution in [2.24, 2.45) is 5.84 Å². The molecule has 1 unspecified atom stereocenters. The van der Waals surface area contributed by atoms with E-state index in [1.807, 2.05) is 18.2 Å². The van der Waals surface area contributed by atoms with E-state index in [2.05, 4.69) is 23.8 Å². The zero-order valence-corrected chi connectivity index (χ0v) is 12.2. The molecule has 2 aromatic rings. The molecule has 1 atom stereocenters. The summed E-state index contributed by atoms with van der Waals surface area (Å²) in [7, 11) is 0. The fourth-order valence-corrected chi connectivity index (χ4v) is 3.38. The molecule has 3 rings (SSSR count). The molecule has 1 aromatic carbocycles. The predicted molar refractivity (Wildman–Crippen MR) is 80.3 cm³/mol. The summed E-state index contributed by atoms with van der Waals surface area (Å²) in [6.07, 6.45) is 0.909. The van der Waals surface area contributed by atoms with Gasteiger partial charge in [-0.2, -0.15) is 0 Å². The van der Waals surface area contributed by atoms with Crippen LogP contribution in [0.15, 0.2) is 29.6 Å². The molecule has 0 bridgehead atoms. The Labute approximate surface area is 122 Å². The Balaban J connectivity index is 1.96. The van der Waals surface area contributed by atoms with Crippen LogP contribution in [0, 0.1) is 6.92 Å². The average molecular weight is 290 g/mol. The minimum Gasteiger partial charge on any atom is -0.490 e. The Kier molecular flexibility index (Phi) is 3.91. The number of aryl methyl sites for hydroxylation is 1. The number of ether oxygens (including phenoxy) is 2. The Morgan fingerprint density at radius 2 is 2.00 bits per heavy atom. The molecule has 0 amide bonds. The van der Waals surface area contributed by atoms with Gasteiger partial charge in [0.2, 0.25) is 0 Å². The molecule has 0 spiro atoms. The van der Waals surface area contributed by atoms with Gasteiger partial charge in [-0.05, 0) is 41.6 Å². The lowest BCUT2D eigenvalue weighted by Gasteiger charge is -2.18. The van der Waals surface area contributed by atoms with Crippen molar-refractivity contribution < 1.29 is 9.47 Å². The summed E-state index contributed by atoms with van der Waals surface area (Å²) < 4.78 is 11.4. The van der Waals surface area contributed by atoms with E-state index in [0.717, 1.165) is 23.5 Å². The van der Waals surface area contributed by atoms with Crippen LogP contribution in [-0.4, -0.2) is 13.2 Å². The Morgan fingerprint density at radius 1 is 1.20 bits per heavy atom. The number of hydrazine groups is 1. The maximum absolute atomic E-state index is 5.76. The Hall–Kier alpha value is -1.56. The molecule has 5 heteroatoms. The van der Waals surface area contributed by atoms with E-state index in [1.165, 1.54) is 10.4 Å². The molecule has 0 aliphatic carbocycles. The molecule has 1 aliphatic heterocycles. The summed E-state index contributed by atoms with van der Waals surface area (Å²) in [6.45, 7) is 3.49. The first kappa shape index (κ1) is 13.4. The van der Waals surface area contributed by atoms with Gasteiger partial charge in [0, 0.05) is 11.3 Å². The summed E-state index contributed by atoms with van der Waals surface area (Å²) in [5.41, 5.74) is 5.22. The van der Waals surface area contributed by atoms with Gasteiger partial charge in [-0.25, -0.2) is 5.43 Å². The SMILES string of the molecule is Cc1ccsc1C(NN)c1ccc2c(c1)OCCCO2. The molecular formula is C15H18N2O2S. The third-order valence-electron chi connectivity index (χ3n) is 3.44. The monoisotopic (exact) mass is 290 g/mol. The molecule has 0 radical (unpaired) electrons. The van der Waals surface area contributed by atoms with Gasteiger partial charge in [-0.1, -0.05) is 6.07 Å². The van der Waals surface area contributed by atoms with Crippen molar-refractivity contribution in [1.82, 2.24) is 5.43 Å². The lowest BCUT2D eigenvalue weighted by molar-refractivity contribution is 0.297. The second-order valence-corrected chi connectivity index (χ2v) is 5.77. The van der Waals surface area contributed by atoms with Crippen LogP contribution in [0.1, 0.15) is 28.5 Å². The van der Waals surface area contributed by atoms with Gasteiger partial charge in [0.05, 0.1) is 19.3 Å². The minimum absolute atomic E-state index is 0.0212. The van der Waals surface area contributed by atoms with Crippen LogP contribution in [0.4, 0.5) is 0 Å². The molecule has 0 saturated heterocycles. The zero-order chi connectivity index (χ0) is 13.9. The second-order valence-electron chi connectivity index (χ2n) is 4.82. The number of hydrogen-bond donors (Lipinski definition) is 2. The van der Waals surface area contributed by atoms with Gasteiger partial charge in [-0.15, -0.1) is 11.3 Å². The molecule has 1 aliphatic rings. The van der Waals surface area contributed by atoms with Crippen molar-refractivity contribution in [3.63, 3.8) is 0 Å². The lowest BCUT2D eigenvalue weighted by Crippen LogP contribution is -2.28. The largest absolute Gasteiger partial charge is 0.490 e. The lowest BCUT2D eigenvalue weighted by atomic mass is 10.0. The van der Waals surface area contributed by atoms with Crippen LogP contribution in [0.2, 0.25) is 0 Å². The van der Waals surface area contributed by atoms with Gasteiger partial charge >= 0.3 is 0 Å². The maximum Gasteiger partial charge on any atom is 0.161 e. The first-order valence-electron chi connectivity index (χ1n) is 6.69. The molecule has 4 nitrogen and oxygen atoms in total. The molecular weight excluding hydrogens is 272 g/mol. The van der Waals surface area contributed by atoms with E-state index < -0.39 is 0 Å². The minimum atomic E-state index is -0.0212. The molecule has 0 fully saturated rings. The van der Waals surface area contributed by atoms with Crippen molar-refractivity contribution in [3.8, 4) is 11.5 Å². The third kappa shape index (κ3) is 2.52. The number of nitrogens with two attached hydrogens (primary N) is 1. The quantitative estimate of drug-likeness (QED) is 0.674. The highest BCUT2D eigenvalue weighted by atomic mass is 32.1. The molecule has 20 heavy (non-hydrogen) atoms. The van der Waals surface area contributed by atoms with Crippen molar-refractivity contribution >= 4 is 11.3 Å². The number of thiophene rings is 1. The van der Waals surface area contributed by atoms with Crippen LogP contribution in [-0.2, 0) is 0 Å². The van der Waals surface area contributed by atoms with E-state index in [-0.39, 0.29) is 6.04 Å². The Bertz CT molecular complexity index is 597. The summed E-state index contributed by atoms with van der Waals surface area (Å²) >= 11 is 1.70. The van der Waals surface area contributed by atoms with Crippen LogP contribution in [0.5, 0.6) is 11.5 Å². The van der Waals surface area contributed by atoms with E-state index >= 15 is 0 Å².